The van der Waals surface area contributed by atoms with Crippen molar-refractivity contribution in [3.05, 3.63) is 77.9 Å². The summed E-state index contributed by atoms with van der Waals surface area (Å²) in [6, 6.07) is 16.0. The molecule has 1 N–H and O–H groups in total. The maximum absolute atomic E-state index is 13.3. The zero-order chi connectivity index (χ0) is 17.6. The normalized spacial score (nSPS) is 10.6. The van der Waals surface area contributed by atoms with E-state index in [4.69, 9.17) is 0 Å². The number of aryl methyl sites for hydroxylation is 1. The summed E-state index contributed by atoms with van der Waals surface area (Å²) in [6.45, 7) is 2.60. The summed E-state index contributed by atoms with van der Waals surface area (Å²) in [4.78, 5) is 13.3. The van der Waals surface area contributed by atoms with Gasteiger partial charge in [0.25, 0.3) is 5.91 Å². The van der Waals surface area contributed by atoms with E-state index in [1.165, 1.54) is 27.3 Å². The van der Waals surface area contributed by atoms with E-state index in [0.29, 0.717) is 17.9 Å². The van der Waals surface area contributed by atoms with Crippen molar-refractivity contribution in [2.45, 2.75) is 11.8 Å². The first-order valence-corrected chi connectivity index (χ1v) is 8.90. The predicted octanol–water partition coefficient (Wildman–Crippen LogP) is 3.84. The second-order valence-corrected chi connectivity index (χ2v) is 6.71. The lowest BCUT2D eigenvalue weighted by Crippen LogP contribution is -2.26. The molecule has 0 saturated carbocycles. The number of rotatable bonds is 6. The van der Waals surface area contributed by atoms with E-state index in [9.17, 15) is 9.18 Å². The van der Waals surface area contributed by atoms with Crippen LogP contribution in [-0.4, -0.2) is 28.0 Å². The Morgan fingerprint density at radius 1 is 1.20 bits per heavy atom. The largest absolute Gasteiger partial charge is 0.350 e. The Bertz CT molecular complexity index is 861. The minimum Gasteiger partial charge on any atom is -0.350 e. The Labute approximate surface area is 150 Å². The molecule has 0 atom stereocenters. The van der Waals surface area contributed by atoms with Crippen molar-refractivity contribution in [2.75, 3.05) is 12.3 Å². The third-order valence-corrected chi connectivity index (χ3v) is 4.59. The topological polar surface area (TPSA) is 46.9 Å². The Balaban J connectivity index is 1.51. The first-order valence-electron chi connectivity index (χ1n) is 7.91. The first kappa shape index (κ1) is 17.2. The molecule has 25 heavy (non-hydrogen) atoms. The van der Waals surface area contributed by atoms with E-state index in [-0.39, 0.29) is 11.7 Å². The second kappa shape index (κ2) is 7.98. The highest BCUT2D eigenvalue weighted by Crippen LogP contribution is 2.17. The number of carbonyl (C=O) groups is 1. The van der Waals surface area contributed by atoms with Crippen LogP contribution in [-0.2, 0) is 0 Å². The molecule has 0 aliphatic carbocycles. The highest BCUT2D eigenvalue weighted by molar-refractivity contribution is 7.99. The van der Waals surface area contributed by atoms with Gasteiger partial charge in [-0.3, -0.25) is 4.79 Å². The van der Waals surface area contributed by atoms with E-state index < -0.39 is 0 Å². The van der Waals surface area contributed by atoms with Crippen LogP contribution in [0.15, 0.2) is 65.7 Å². The van der Waals surface area contributed by atoms with E-state index >= 15 is 0 Å². The molecule has 4 nitrogen and oxygen atoms in total. The van der Waals surface area contributed by atoms with Gasteiger partial charge in [-0.2, -0.15) is 5.10 Å². The van der Waals surface area contributed by atoms with Crippen molar-refractivity contribution < 1.29 is 9.18 Å². The van der Waals surface area contributed by atoms with Crippen molar-refractivity contribution in [3.8, 4) is 5.69 Å². The lowest BCUT2D eigenvalue weighted by Gasteiger charge is -2.04. The number of nitrogens with one attached hydrogen (secondary N) is 1. The molecule has 128 valence electrons. The molecular weight excluding hydrogens is 337 g/mol. The van der Waals surface area contributed by atoms with Crippen LogP contribution in [0.3, 0.4) is 0 Å². The first-order chi connectivity index (χ1) is 12.1. The summed E-state index contributed by atoms with van der Waals surface area (Å²) >= 11 is 1.69. The molecule has 6 heteroatoms. The van der Waals surface area contributed by atoms with E-state index in [1.54, 1.807) is 36.2 Å². The van der Waals surface area contributed by atoms with Gasteiger partial charge in [-0.05, 0) is 43.3 Å². The number of aromatic nitrogens is 2. The summed E-state index contributed by atoms with van der Waals surface area (Å²) in [5.74, 6) is 0.200. The molecule has 3 aromatic rings. The molecule has 1 amide bonds. The van der Waals surface area contributed by atoms with E-state index in [0.717, 1.165) is 5.75 Å². The van der Waals surface area contributed by atoms with E-state index in [1.807, 2.05) is 0 Å². The molecular formula is C19H18FN3OS. The lowest BCUT2D eigenvalue weighted by molar-refractivity contribution is 0.0951. The summed E-state index contributed by atoms with van der Waals surface area (Å²) in [5, 5.41) is 7.05. The van der Waals surface area contributed by atoms with Gasteiger partial charge in [0.15, 0.2) is 5.69 Å². The Morgan fingerprint density at radius 3 is 2.76 bits per heavy atom. The van der Waals surface area contributed by atoms with Gasteiger partial charge in [-0.15, -0.1) is 11.8 Å². The van der Waals surface area contributed by atoms with Crippen molar-refractivity contribution in [1.29, 1.82) is 0 Å². The van der Waals surface area contributed by atoms with Gasteiger partial charge in [0, 0.05) is 23.4 Å². The van der Waals surface area contributed by atoms with Crippen LogP contribution in [0.25, 0.3) is 5.69 Å². The number of hydrogen-bond acceptors (Lipinski definition) is 3. The average molecular weight is 355 g/mol. The van der Waals surface area contributed by atoms with Crippen LogP contribution in [0.4, 0.5) is 4.39 Å². The number of amides is 1. The molecule has 0 spiro atoms. The fourth-order valence-electron chi connectivity index (χ4n) is 2.27. The zero-order valence-electron chi connectivity index (χ0n) is 13.8. The minimum atomic E-state index is -0.341. The summed E-state index contributed by atoms with van der Waals surface area (Å²) in [7, 11) is 0. The maximum Gasteiger partial charge on any atom is 0.271 e. The third kappa shape index (κ3) is 4.70. The Kier molecular flexibility index (Phi) is 5.50. The van der Waals surface area contributed by atoms with Gasteiger partial charge in [0.1, 0.15) is 5.82 Å². The number of carbonyl (C=O) groups excluding carboxylic acids is 1. The standard InChI is InChI=1S/C19H18FN3OS/c1-14-5-7-17(8-6-14)25-12-10-21-19(24)18-9-11-23(22-18)16-4-2-3-15(20)13-16/h2-9,11,13H,10,12H2,1H3,(H,21,24). The monoisotopic (exact) mass is 355 g/mol. The molecule has 0 aliphatic rings. The molecule has 0 bridgehead atoms. The maximum atomic E-state index is 13.3. The summed E-state index contributed by atoms with van der Waals surface area (Å²) < 4.78 is 14.7. The van der Waals surface area contributed by atoms with Crippen LogP contribution in [0.5, 0.6) is 0 Å². The van der Waals surface area contributed by atoms with Crippen LogP contribution in [0.2, 0.25) is 0 Å². The SMILES string of the molecule is Cc1ccc(SCCNC(=O)c2ccn(-c3cccc(F)c3)n2)cc1. The predicted molar refractivity (Wildman–Crippen MR) is 97.8 cm³/mol. The zero-order valence-corrected chi connectivity index (χ0v) is 14.6. The van der Waals surface area contributed by atoms with Crippen LogP contribution in [0, 0.1) is 12.7 Å². The summed E-state index contributed by atoms with van der Waals surface area (Å²) in [6.07, 6.45) is 1.64. The third-order valence-electron chi connectivity index (χ3n) is 3.57. The number of halogens is 1. The number of benzene rings is 2. The number of hydrogen-bond donors (Lipinski definition) is 1. The van der Waals surface area contributed by atoms with Crippen LogP contribution >= 0.6 is 11.8 Å². The number of thioether (sulfide) groups is 1. The lowest BCUT2D eigenvalue weighted by atomic mass is 10.2. The van der Waals surface area contributed by atoms with Gasteiger partial charge in [0.2, 0.25) is 0 Å². The van der Waals surface area contributed by atoms with Gasteiger partial charge in [-0.25, -0.2) is 9.07 Å². The molecule has 1 heterocycles. The Hall–Kier alpha value is -2.60. The van der Waals surface area contributed by atoms with E-state index in [2.05, 4.69) is 41.6 Å². The van der Waals surface area contributed by atoms with Gasteiger partial charge < -0.3 is 5.32 Å². The van der Waals surface area contributed by atoms with Gasteiger partial charge in [0.05, 0.1) is 5.69 Å². The fraction of sp³-hybridized carbons (Fsp3) is 0.158. The van der Waals surface area contributed by atoms with Crippen molar-refractivity contribution in [2.24, 2.45) is 0 Å². The molecule has 0 saturated heterocycles. The van der Waals surface area contributed by atoms with Crippen LogP contribution in [0.1, 0.15) is 16.1 Å². The van der Waals surface area contributed by atoms with Crippen molar-refractivity contribution in [3.63, 3.8) is 0 Å². The molecule has 0 radical (unpaired) electrons. The molecule has 3 rings (SSSR count). The fourth-order valence-corrected chi connectivity index (χ4v) is 3.03. The van der Waals surface area contributed by atoms with Crippen molar-refractivity contribution in [1.82, 2.24) is 15.1 Å². The minimum absolute atomic E-state index is 0.236. The molecule has 0 unspecified atom stereocenters. The molecule has 2 aromatic carbocycles. The molecule has 0 aliphatic heterocycles. The molecule has 0 fully saturated rings. The quantitative estimate of drug-likeness (QED) is 0.540. The van der Waals surface area contributed by atoms with Crippen LogP contribution < -0.4 is 5.32 Å². The van der Waals surface area contributed by atoms with Gasteiger partial charge in [-0.1, -0.05) is 23.8 Å². The number of nitrogens with zero attached hydrogens (tertiary/aromatic N) is 2. The highest BCUT2D eigenvalue weighted by Gasteiger charge is 2.10. The van der Waals surface area contributed by atoms with Crippen molar-refractivity contribution >= 4 is 17.7 Å². The smallest absolute Gasteiger partial charge is 0.271 e. The Morgan fingerprint density at radius 2 is 2.00 bits per heavy atom. The molecule has 1 aromatic heterocycles. The second-order valence-electron chi connectivity index (χ2n) is 5.54. The highest BCUT2D eigenvalue weighted by atomic mass is 32.2. The van der Waals surface area contributed by atoms with Gasteiger partial charge >= 0.3 is 0 Å². The average Bonchev–Trinajstić information content (AvgIpc) is 3.10. The summed E-state index contributed by atoms with van der Waals surface area (Å²) in [5.41, 5.74) is 2.12.